The smallest absolute Gasteiger partial charge is 0.319 e. The second-order valence-electron chi connectivity index (χ2n) is 2.82. The first-order valence-electron chi connectivity index (χ1n) is 4.60. The number of carbonyl (C=O) groups is 1. The van der Waals surface area contributed by atoms with Gasteiger partial charge in [-0.2, -0.15) is 5.26 Å². The lowest BCUT2D eigenvalue weighted by atomic mass is 10.3. The largest absolute Gasteiger partial charge is 0.465 e. The van der Waals surface area contributed by atoms with Gasteiger partial charge in [0.25, 0.3) is 0 Å². The van der Waals surface area contributed by atoms with Crippen LogP contribution in [0.3, 0.4) is 0 Å². The zero-order valence-corrected chi connectivity index (χ0v) is 9.26. The fraction of sp³-hybridized carbons (Fsp3) is 0.400. The normalized spacial score (nSPS) is 9.60. The number of ether oxygens (including phenoxy) is 1. The first-order valence-corrected chi connectivity index (χ1v) is 5.48. The number of thiophene rings is 1. The highest BCUT2D eigenvalue weighted by molar-refractivity contribution is 7.10. The maximum absolute atomic E-state index is 11.0. The third-order valence-electron chi connectivity index (χ3n) is 1.66. The van der Waals surface area contributed by atoms with E-state index in [1.54, 1.807) is 12.3 Å². The molecule has 0 saturated heterocycles. The monoisotopic (exact) mass is 224 g/mol. The standard InChI is InChI=1S/C10H12N2O2S/c1-2-14-10(13)6-12-5-9-3-8(4-11)7-15-9/h3,7,12H,2,5-6H2,1H3. The average molecular weight is 224 g/mol. The van der Waals surface area contributed by atoms with E-state index in [-0.39, 0.29) is 12.5 Å². The minimum absolute atomic E-state index is 0.202. The van der Waals surface area contributed by atoms with Crippen LogP contribution in [0.5, 0.6) is 0 Å². The summed E-state index contributed by atoms with van der Waals surface area (Å²) in [6.07, 6.45) is 0. The topological polar surface area (TPSA) is 62.1 Å². The summed E-state index contributed by atoms with van der Waals surface area (Å²) in [5.41, 5.74) is 0.660. The molecule has 0 radical (unpaired) electrons. The van der Waals surface area contributed by atoms with E-state index < -0.39 is 0 Å². The van der Waals surface area contributed by atoms with Gasteiger partial charge in [-0.05, 0) is 13.0 Å². The number of nitrogens with zero attached hydrogens (tertiary/aromatic N) is 1. The molecule has 0 saturated carbocycles. The van der Waals surface area contributed by atoms with Crippen LogP contribution >= 0.6 is 11.3 Å². The Kier molecular flexibility index (Phi) is 4.81. The number of rotatable bonds is 5. The minimum Gasteiger partial charge on any atom is -0.465 e. The summed E-state index contributed by atoms with van der Waals surface area (Å²) >= 11 is 1.50. The predicted molar refractivity (Wildman–Crippen MR) is 57.4 cm³/mol. The molecular formula is C10H12N2O2S. The van der Waals surface area contributed by atoms with E-state index in [0.29, 0.717) is 18.7 Å². The van der Waals surface area contributed by atoms with Gasteiger partial charge in [-0.15, -0.1) is 11.3 Å². The fourth-order valence-electron chi connectivity index (χ4n) is 1.03. The summed E-state index contributed by atoms with van der Waals surface area (Å²) in [5, 5.41) is 13.3. The molecule has 0 unspecified atom stereocenters. The molecule has 1 rings (SSSR count). The highest BCUT2D eigenvalue weighted by Gasteiger charge is 2.02. The summed E-state index contributed by atoms with van der Waals surface area (Å²) in [7, 11) is 0. The van der Waals surface area contributed by atoms with Crippen LogP contribution in [0.15, 0.2) is 11.4 Å². The van der Waals surface area contributed by atoms with Crippen molar-refractivity contribution >= 4 is 17.3 Å². The second kappa shape index (κ2) is 6.17. The Bertz CT molecular complexity index is 368. The molecule has 1 N–H and O–H groups in total. The zero-order valence-electron chi connectivity index (χ0n) is 8.45. The van der Waals surface area contributed by atoms with Crippen molar-refractivity contribution in [2.75, 3.05) is 13.2 Å². The average Bonchev–Trinajstić information content (AvgIpc) is 2.66. The highest BCUT2D eigenvalue weighted by Crippen LogP contribution is 2.12. The van der Waals surface area contributed by atoms with Crippen LogP contribution in [-0.4, -0.2) is 19.1 Å². The van der Waals surface area contributed by atoms with E-state index in [0.717, 1.165) is 4.88 Å². The van der Waals surface area contributed by atoms with Gasteiger partial charge in [0.15, 0.2) is 0 Å². The summed E-state index contributed by atoms with van der Waals surface area (Å²) < 4.78 is 4.76. The van der Waals surface area contributed by atoms with Crippen LogP contribution in [-0.2, 0) is 16.1 Å². The van der Waals surface area contributed by atoms with E-state index in [4.69, 9.17) is 10.00 Å². The van der Waals surface area contributed by atoms with Crippen LogP contribution in [0.4, 0.5) is 0 Å². The van der Waals surface area contributed by atoms with E-state index in [1.807, 2.05) is 6.07 Å². The number of esters is 1. The maximum atomic E-state index is 11.0. The molecule has 80 valence electrons. The van der Waals surface area contributed by atoms with Crippen LogP contribution in [0, 0.1) is 11.3 Å². The molecule has 0 aromatic carbocycles. The molecule has 5 heteroatoms. The summed E-state index contributed by atoms with van der Waals surface area (Å²) in [6, 6.07) is 3.87. The number of hydrogen-bond donors (Lipinski definition) is 1. The van der Waals surface area contributed by atoms with Gasteiger partial charge >= 0.3 is 5.97 Å². The van der Waals surface area contributed by atoms with Crippen molar-refractivity contribution < 1.29 is 9.53 Å². The van der Waals surface area contributed by atoms with Gasteiger partial charge in [0.2, 0.25) is 0 Å². The van der Waals surface area contributed by atoms with Crippen molar-refractivity contribution in [2.24, 2.45) is 0 Å². The third-order valence-corrected chi connectivity index (χ3v) is 2.59. The quantitative estimate of drug-likeness (QED) is 0.765. The van der Waals surface area contributed by atoms with E-state index in [1.165, 1.54) is 11.3 Å². The van der Waals surface area contributed by atoms with Crippen molar-refractivity contribution in [3.63, 3.8) is 0 Å². The molecule has 0 amide bonds. The Labute approximate surface area is 92.5 Å². The first-order chi connectivity index (χ1) is 7.26. The Morgan fingerprint density at radius 2 is 2.53 bits per heavy atom. The molecule has 0 fully saturated rings. The van der Waals surface area contributed by atoms with Crippen LogP contribution < -0.4 is 5.32 Å². The first kappa shape index (κ1) is 11.7. The molecule has 1 heterocycles. The van der Waals surface area contributed by atoms with Crippen LogP contribution in [0.2, 0.25) is 0 Å². The Balaban J connectivity index is 2.26. The lowest BCUT2D eigenvalue weighted by Gasteiger charge is -2.02. The van der Waals surface area contributed by atoms with Crippen molar-refractivity contribution in [1.82, 2.24) is 5.32 Å². The lowest BCUT2D eigenvalue weighted by Crippen LogP contribution is -2.23. The van der Waals surface area contributed by atoms with Gasteiger partial charge in [-0.25, -0.2) is 0 Å². The number of carbonyl (C=O) groups excluding carboxylic acids is 1. The van der Waals surface area contributed by atoms with E-state index in [2.05, 4.69) is 11.4 Å². The van der Waals surface area contributed by atoms with E-state index >= 15 is 0 Å². The molecule has 15 heavy (non-hydrogen) atoms. The molecule has 1 aromatic heterocycles. The van der Waals surface area contributed by atoms with Gasteiger partial charge < -0.3 is 10.1 Å². The summed E-state index contributed by atoms with van der Waals surface area (Å²) in [4.78, 5) is 12.0. The molecule has 1 aromatic rings. The van der Waals surface area contributed by atoms with Crippen molar-refractivity contribution in [1.29, 1.82) is 5.26 Å². The molecule has 0 aliphatic carbocycles. The molecular weight excluding hydrogens is 212 g/mol. The highest BCUT2D eigenvalue weighted by atomic mass is 32.1. The van der Waals surface area contributed by atoms with Gasteiger partial charge in [0.05, 0.1) is 18.7 Å². The Morgan fingerprint density at radius 1 is 1.73 bits per heavy atom. The van der Waals surface area contributed by atoms with Gasteiger partial charge in [-0.1, -0.05) is 0 Å². The third kappa shape index (κ3) is 4.11. The Morgan fingerprint density at radius 3 is 3.13 bits per heavy atom. The SMILES string of the molecule is CCOC(=O)CNCc1cc(C#N)cs1. The minimum atomic E-state index is -0.255. The predicted octanol–water partition coefficient (Wildman–Crippen LogP) is 1.27. The van der Waals surface area contributed by atoms with Gasteiger partial charge in [0.1, 0.15) is 6.07 Å². The maximum Gasteiger partial charge on any atom is 0.319 e. The van der Waals surface area contributed by atoms with Gasteiger partial charge in [0, 0.05) is 16.8 Å². The lowest BCUT2D eigenvalue weighted by molar-refractivity contribution is -0.142. The van der Waals surface area contributed by atoms with Crippen LogP contribution in [0.1, 0.15) is 17.4 Å². The van der Waals surface area contributed by atoms with Crippen molar-refractivity contribution in [3.05, 3.63) is 21.9 Å². The van der Waals surface area contributed by atoms with E-state index in [9.17, 15) is 4.79 Å². The molecule has 0 bridgehead atoms. The fourth-order valence-corrected chi connectivity index (χ4v) is 1.81. The number of nitriles is 1. The summed E-state index contributed by atoms with van der Waals surface area (Å²) in [6.45, 7) is 2.97. The van der Waals surface area contributed by atoms with Gasteiger partial charge in [-0.3, -0.25) is 4.79 Å². The second-order valence-corrected chi connectivity index (χ2v) is 3.82. The Hall–Kier alpha value is -1.38. The van der Waals surface area contributed by atoms with Crippen LogP contribution in [0.25, 0.3) is 0 Å². The summed E-state index contributed by atoms with van der Waals surface area (Å²) in [5.74, 6) is -0.255. The molecule has 0 aliphatic heterocycles. The molecule has 4 nitrogen and oxygen atoms in total. The number of nitrogens with one attached hydrogen (secondary N) is 1. The van der Waals surface area contributed by atoms with Crippen molar-refractivity contribution in [2.45, 2.75) is 13.5 Å². The molecule has 0 spiro atoms. The number of hydrogen-bond acceptors (Lipinski definition) is 5. The molecule has 0 aliphatic rings. The van der Waals surface area contributed by atoms with Crippen molar-refractivity contribution in [3.8, 4) is 6.07 Å². The zero-order chi connectivity index (χ0) is 11.1. The molecule has 0 atom stereocenters.